The first-order valence-electron chi connectivity index (χ1n) is 6.85. The maximum absolute atomic E-state index is 10.7. The van der Waals surface area contributed by atoms with E-state index < -0.39 is 6.10 Å². The Hall–Kier alpha value is -0.530. The van der Waals surface area contributed by atoms with Crippen LogP contribution in [0.4, 0.5) is 0 Å². The molecule has 2 heteroatoms. The normalized spacial score (nSPS) is 28.9. The van der Waals surface area contributed by atoms with Gasteiger partial charge in [-0.25, -0.2) is 0 Å². The van der Waals surface area contributed by atoms with Crippen molar-refractivity contribution in [2.75, 3.05) is 0 Å². The average Bonchev–Trinajstić information content (AvgIpc) is 2.27. The molecular formula is C16H23ClO. The first kappa shape index (κ1) is 13.9. The molecule has 2 rings (SSSR count). The van der Waals surface area contributed by atoms with E-state index in [1.807, 2.05) is 24.3 Å². The molecule has 18 heavy (non-hydrogen) atoms. The summed E-state index contributed by atoms with van der Waals surface area (Å²) in [7, 11) is 0. The van der Waals surface area contributed by atoms with Gasteiger partial charge in [0.05, 0.1) is 6.10 Å². The summed E-state index contributed by atoms with van der Waals surface area (Å²) in [6.07, 6.45) is 3.27. The summed E-state index contributed by atoms with van der Waals surface area (Å²) in [5, 5.41) is 11.4. The molecule has 0 radical (unpaired) electrons. The van der Waals surface area contributed by atoms with Gasteiger partial charge in [0.15, 0.2) is 0 Å². The zero-order valence-electron chi connectivity index (χ0n) is 11.5. The topological polar surface area (TPSA) is 20.2 Å². The predicted octanol–water partition coefficient (Wildman–Crippen LogP) is 4.84. The van der Waals surface area contributed by atoms with Crippen molar-refractivity contribution in [1.29, 1.82) is 0 Å². The average molecular weight is 267 g/mol. The van der Waals surface area contributed by atoms with E-state index in [1.54, 1.807) is 0 Å². The molecule has 0 saturated heterocycles. The molecule has 0 amide bonds. The Kier molecular flexibility index (Phi) is 4.03. The van der Waals surface area contributed by atoms with Gasteiger partial charge in [0.25, 0.3) is 0 Å². The lowest BCUT2D eigenvalue weighted by molar-refractivity contribution is -0.0292. The van der Waals surface area contributed by atoms with E-state index in [4.69, 9.17) is 11.6 Å². The van der Waals surface area contributed by atoms with Gasteiger partial charge in [-0.15, -0.1) is 0 Å². The Balaban J connectivity index is 2.28. The van der Waals surface area contributed by atoms with Crippen molar-refractivity contribution < 1.29 is 5.11 Å². The molecule has 0 bridgehead atoms. The van der Waals surface area contributed by atoms with Crippen LogP contribution in [0.1, 0.15) is 51.7 Å². The standard InChI is InChI=1S/C16H23ClO/c1-11-6-5-9-16(2,3)14(11)15(18)12-7-4-8-13(17)10-12/h4,7-8,10-11,14-15,18H,5-6,9H2,1-3H3/t11-,14-,15+/m0/s1. The molecule has 1 N–H and O–H groups in total. The van der Waals surface area contributed by atoms with Gasteiger partial charge in [-0.05, 0) is 41.4 Å². The second-order valence-corrected chi connectivity index (χ2v) is 6.82. The summed E-state index contributed by atoms with van der Waals surface area (Å²) in [6, 6.07) is 7.65. The van der Waals surface area contributed by atoms with Crippen LogP contribution >= 0.6 is 11.6 Å². The van der Waals surface area contributed by atoms with Gasteiger partial charge in [-0.2, -0.15) is 0 Å². The van der Waals surface area contributed by atoms with Crippen LogP contribution in [0.5, 0.6) is 0 Å². The molecule has 0 aromatic heterocycles. The van der Waals surface area contributed by atoms with Crippen molar-refractivity contribution in [2.24, 2.45) is 17.3 Å². The minimum atomic E-state index is -0.408. The molecular weight excluding hydrogens is 244 g/mol. The highest BCUT2D eigenvalue weighted by molar-refractivity contribution is 6.30. The second-order valence-electron chi connectivity index (χ2n) is 6.38. The van der Waals surface area contributed by atoms with Gasteiger partial charge in [-0.1, -0.05) is 57.3 Å². The first-order chi connectivity index (χ1) is 8.42. The molecule has 1 aliphatic rings. The Bertz CT molecular complexity index is 413. The van der Waals surface area contributed by atoms with Crippen molar-refractivity contribution in [2.45, 2.75) is 46.1 Å². The van der Waals surface area contributed by atoms with Crippen LogP contribution in [0.15, 0.2) is 24.3 Å². The van der Waals surface area contributed by atoms with Gasteiger partial charge in [-0.3, -0.25) is 0 Å². The minimum Gasteiger partial charge on any atom is -0.388 e. The van der Waals surface area contributed by atoms with Crippen LogP contribution in [0.2, 0.25) is 5.02 Å². The summed E-state index contributed by atoms with van der Waals surface area (Å²) in [5.74, 6) is 0.868. The van der Waals surface area contributed by atoms with Crippen molar-refractivity contribution in [3.63, 3.8) is 0 Å². The lowest BCUT2D eigenvalue weighted by atomic mass is 9.61. The van der Waals surface area contributed by atoms with E-state index >= 15 is 0 Å². The fourth-order valence-corrected chi connectivity index (χ4v) is 3.83. The summed E-state index contributed by atoms with van der Waals surface area (Å²) in [6.45, 7) is 6.82. The van der Waals surface area contributed by atoms with Gasteiger partial charge in [0.1, 0.15) is 0 Å². The Labute approximate surface area is 115 Å². The largest absolute Gasteiger partial charge is 0.388 e. The van der Waals surface area contributed by atoms with Crippen LogP contribution in [0.25, 0.3) is 0 Å². The Morgan fingerprint density at radius 1 is 1.39 bits per heavy atom. The summed E-state index contributed by atoms with van der Waals surface area (Å²) < 4.78 is 0. The van der Waals surface area contributed by atoms with Crippen LogP contribution in [-0.4, -0.2) is 5.11 Å². The maximum Gasteiger partial charge on any atom is 0.0826 e. The highest BCUT2D eigenvalue weighted by Gasteiger charge is 2.41. The molecule has 0 heterocycles. The number of halogens is 1. The third kappa shape index (κ3) is 2.73. The Morgan fingerprint density at radius 2 is 2.11 bits per heavy atom. The van der Waals surface area contributed by atoms with E-state index in [0.717, 1.165) is 5.56 Å². The summed E-state index contributed by atoms with van der Waals surface area (Å²) in [5.41, 5.74) is 1.15. The van der Waals surface area contributed by atoms with Crippen molar-refractivity contribution in [1.82, 2.24) is 0 Å². The third-order valence-corrected chi connectivity index (χ3v) is 4.76. The van der Waals surface area contributed by atoms with Crippen molar-refractivity contribution >= 4 is 11.6 Å². The van der Waals surface area contributed by atoms with Crippen molar-refractivity contribution in [3.05, 3.63) is 34.9 Å². The lowest BCUT2D eigenvalue weighted by Gasteiger charge is -2.45. The van der Waals surface area contributed by atoms with E-state index in [2.05, 4.69) is 20.8 Å². The number of aliphatic hydroxyl groups is 1. The highest BCUT2D eigenvalue weighted by atomic mass is 35.5. The molecule has 1 aromatic carbocycles. The predicted molar refractivity (Wildman–Crippen MR) is 76.7 cm³/mol. The van der Waals surface area contributed by atoms with Crippen LogP contribution in [0.3, 0.4) is 0 Å². The fourth-order valence-electron chi connectivity index (χ4n) is 3.63. The molecule has 1 fully saturated rings. The molecule has 100 valence electrons. The van der Waals surface area contributed by atoms with Crippen molar-refractivity contribution in [3.8, 4) is 0 Å². The molecule has 0 aliphatic heterocycles. The smallest absolute Gasteiger partial charge is 0.0826 e. The zero-order valence-corrected chi connectivity index (χ0v) is 12.2. The van der Waals surface area contributed by atoms with Gasteiger partial charge in [0.2, 0.25) is 0 Å². The van der Waals surface area contributed by atoms with Crippen LogP contribution < -0.4 is 0 Å². The minimum absolute atomic E-state index is 0.194. The molecule has 1 saturated carbocycles. The van der Waals surface area contributed by atoms with Crippen LogP contribution in [0, 0.1) is 17.3 Å². The molecule has 1 aliphatic carbocycles. The SMILES string of the molecule is C[C@H]1CCCC(C)(C)[C@@H]1[C@H](O)c1cccc(Cl)c1. The van der Waals surface area contributed by atoms with Gasteiger partial charge in [0, 0.05) is 5.02 Å². The monoisotopic (exact) mass is 266 g/mol. The van der Waals surface area contributed by atoms with Gasteiger partial charge >= 0.3 is 0 Å². The number of aliphatic hydroxyl groups excluding tert-OH is 1. The zero-order chi connectivity index (χ0) is 13.3. The molecule has 1 nitrogen and oxygen atoms in total. The van der Waals surface area contributed by atoms with E-state index in [-0.39, 0.29) is 5.41 Å². The number of hydrogen-bond acceptors (Lipinski definition) is 1. The number of benzene rings is 1. The highest BCUT2D eigenvalue weighted by Crippen LogP contribution is 2.49. The van der Waals surface area contributed by atoms with E-state index in [1.165, 1.54) is 19.3 Å². The summed E-state index contributed by atoms with van der Waals surface area (Å²) >= 11 is 6.02. The number of rotatable bonds is 2. The Morgan fingerprint density at radius 3 is 2.72 bits per heavy atom. The fraction of sp³-hybridized carbons (Fsp3) is 0.625. The molecule has 3 atom stereocenters. The maximum atomic E-state index is 10.7. The molecule has 0 unspecified atom stereocenters. The van der Waals surface area contributed by atoms with Crippen LogP contribution in [-0.2, 0) is 0 Å². The summed E-state index contributed by atoms with van der Waals surface area (Å²) in [4.78, 5) is 0. The van der Waals surface area contributed by atoms with E-state index in [9.17, 15) is 5.11 Å². The number of hydrogen-bond donors (Lipinski definition) is 1. The second kappa shape index (κ2) is 5.22. The molecule has 0 spiro atoms. The lowest BCUT2D eigenvalue weighted by Crippen LogP contribution is -2.37. The van der Waals surface area contributed by atoms with E-state index in [0.29, 0.717) is 16.9 Å². The molecule has 1 aromatic rings. The van der Waals surface area contributed by atoms with Gasteiger partial charge < -0.3 is 5.11 Å². The first-order valence-corrected chi connectivity index (χ1v) is 7.23. The quantitative estimate of drug-likeness (QED) is 0.812. The third-order valence-electron chi connectivity index (χ3n) is 4.53.